The van der Waals surface area contributed by atoms with Crippen molar-refractivity contribution in [3.8, 4) is 17.1 Å². The van der Waals surface area contributed by atoms with Crippen molar-refractivity contribution in [3.05, 3.63) is 100 Å². The lowest BCUT2D eigenvalue weighted by atomic mass is 10.1. The number of ether oxygens (including phenoxy) is 1. The average Bonchev–Trinajstić information content (AvgIpc) is 3.24. The van der Waals surface area contributed by atoms with E-state index in [0.29, 0.717) is 11.4 Å². The quantitative estimate of drug-likeness (QED) is 0.288. The lowest BCUT2D eigenvalue weighted by Gasteiger charge is -2.06. The molecule has 3 aromatic carbocycles. The van der Waals surface area contributed by atoms with Crippen LogP contribution in [0, 0.1) is 6.92 Å². The summed E-state index contributed by atoms with van der Waals surface area (Å²) in [6.07, 6.45) is 0. The first-order valence-electron chi connectivity index (χ1n) is 9.57. The van der Waals surface area contributed by atoms with Gasteiger partial charge in [-0.15, -0.1) is 5.10 Å². The number of carbonyl (C=O) groups excluding carboxylic acids is 2. The average molecular weight is 476 g/mol. The molecule has 0 aliphatic carbocycles. The van der Waals surface area contributed by atoms with Crippen LogP contribution in [0.5, 0.6) is 0 Å². The summed E-state index contributed by atoms with van der Waals surface area (Å²) >= 11 is 3.42. The normalized spacial score (nSPS) is 10.6. The van der Waals surface area contributed by atoms with Crippen LogP contribution in [0.4, 0.5) is 0 Å². The molecule has 0 atom stereocenters. The SMILES string of the molecule is Cc1ccc(-n2nc(C(=O)OCC(=O)c3ccccc3)nc2-c2ccc(Br)cc2)cc1. The Morgan fingerprint density at radius 1 is 0.935 bits per heavy atom. The van der Waals surface area contributed by atoms with Crippen molar-refractivity contribution < 1.29 is 14.3 Å². The van der Waals surface area contributed by atoms with Crippen LogP contribution in [0.15, 0.2) is 83.3 Å². The van der Waals surface area contributed by atoms with Gasteiger partial charge in [-0.3, -0.25) is 4.79 Å². The molecule has 4 aromatic rings. The molecular formula is C24H18BrN3O3. The van der Waals surface area contributed by atoms with Gasteiger partial charge in [0.15, 0.2) is 18.2 Å². The number of rotatable bonds is 6. The van der Waals surface area contributed by atoms with E-state index in [4.69, 9.17) is 4.74 Å². The Hall–Kier alpha value is -3.58. The van der Waals surface area contributed by atoms with Gasteiger partial charge in [0.25, 0.3) is 5.82 Å². The number of nitrogens with zero attached hydrogens (tertiary/aromatic N) is 3. The van der Waals surface area contributed by atoms with Gasteiger partial charge in [0, 0.05) is 15.6 Å². The topological polar surface area (TPSA) is 74.1 Å². The minimum atomic E-state index is -0.756. The lowest BCUT2D eigenvalue weighted by molar-refractivity contribution is 0.0462. The zero-order valence-corrected chi connectivity index (χ0v) is 18.2. The van der Waals surface area contributed by atoms with Gasteiger partial charge < -0.3 is 4.74 Å². The van der Waals surface area contributed by atoms with Crippen LogP contribution in [0.3, 0.4) is 0 Å². The van der Waals surface area contributed by atoms with E-state index in [-0.39, 0.29) is 18.2 Å². The maximum atomic E-state index is 12.6. The number of esters is 1. The molecule has 6 nitrogen and oxygen atoms in total. The van der Waals surface area contributed by atoms with E-state index in [2.05, 4.69) is 26.0 Å². The fourth-order valence-corrected chi connectivity index (χ4v) is 3.22. The number of halogens is 1. The number of carbonyl (C=O) groups is 2. The molecule has 0 unspecified atom stereocenters. The smallest absolute Gasteiger partial charge is 0.378 e. The van der Waals surface area contributed by atoms with Gasteiger partial charge >= 0.3 is 5.97 Å². The van der Waals surface area contributed by atoms with E-state index in [1.165, 1.54) is 0 Å². The summed E-state index contributed by atoms with van der Waals surface area (Å²) in [5, 5.41) is 4.37. The van der Waals surface area contributed by atoms with Crippen LogP contribution < -0.4 is 0 Å². The first-order valence-corrected chi connectivity index (χ1v) is 10.4. The third kappa shape index (κ3) is 4.78. The first kappa shape index (κ1) is 20.7. The number of Topliss-reactive ketones (excluding diaryl/α,β-unsaturated/α-hetero) is 1. The van der Waals surface area contributed by atoms with Gasteiger partial charge in [-0.05, 0) is 31.2 Å². The summed E-state index contributed by atoms with van der Waals surface area (Å²) in [7, 11) is 0. The van der Waals surface area contributed by atoms with Crippen LogP contribution in [0.2, 0.25) is 0 Å². The van der Waals surface area contributed by atoms with E-state index in [1.54, 1.807) is 28.9 Å². The Morgan fingerprint density at radius 3 is 2.29 bits per heavy atom. The summed E-state index contributed by atoms with van der Waals surface area (Å²) < 4.78 is 7.71. The highest BCUT2D eigenvalue weighted by atomic mass is 79.9. The van der Waals surface area contributed by atoms with Crippen molar-refractivity contribution in [1.82, 2.24) is 14.8 Å². The van der Waals surface area contributed by atoms with E-state index >= 15 is 0 Å². The third-order valence-electron chi connectivity index (χ3n) is 4.60. The fraction of sp³-hybridized carbons (Fsp3) is 0.0833. The number of aromatic nitrogens is 3. The highest BCUT2D eigenvalue weighted by Crippen LogP contribution is 2.23. The van der Waals surface area contributed by atoms with Crippen LogP contribution >= 0.6 is 15.9 Å². The lowest BCUT2D eigenvalue weighted by Crippen LogP contribution is -2.15. The molecule has 154 valence electrons. The number of aryl methyl sites for hydroxylation is 1. The second-order valence-electron chi connectivity index (χ2n) is 6.88. The second-order valence-corrected chi connectivity index (χ2v) is 7.79. The molecule has 0 spiro atoms. The van der Waals surface area contributed by atoms with Gasteiger partial charge in [0.2, 0.25) is 0 Å². The molecular weight excluding hydrogens is 458 g/mol. The molecule has 0 aliphatic rings. The van der Waals surface area contributed by atoms with E-state index in [1.807, 2.05) is 61.5 Å². The molecule has 0 saturated heterocycles. The Morgan fingerprint density at radius 2 is 1.61 bits per heavy atom. The Kier molecular flexibility index (Phi) is 6.04. The molecule has 1 heterocycles. The van der Waals surface area contributed by atoms with Crippen molar-refractivity contribution in [2.45, 2.75) is 6.92 Å². The highest BCUT2D eigenvalue weighted by Gasteiger charge is 2.21. The molecule has 0 amide bonds. The van der Waals surface area contributed by atoms with Gasteiger partial charge in [-0.1, -0.05) is 76.1 Å². The standard InChI is InChI=1S/C24H18BrN3O3/c1-16-7-13-20(14-8-16)28-23(18-9-11-19(25)12-10-18)26-22(27-28)24(30)31-15-21(29)17-5-3-2-4-6-17/h2-14H,15H2,1H3. The Labute approximate surface area is 187 Å². The minimum absolute atomic E-state index is 0.112. The molecule has 0 N–H and O–H groups in total. The number of benzene rings is 3. The number of ketones is 1. The summed E-state index contributed by atoms with van der Waals surface area (Å²) in [5.74, 6) is -0.661. The van der Waals surface area contributed by atoms with Gasteiger partial charge in [-0.2, -0.15) is 0 Å². The molecule has 4 rings (SSSR count). The van der Waals surface area contributed by atoms with Gasteiger partial charge in [-0.25, -0.2) is 14.5 Å². The zero-order valence-electron chi connectivity index (χ0n) is 16.7. The van der Waals surface area contributed by atoms with E-state index in [9.17, 15) is 9.59 Å². The van der Waals surface area contributed by atoms with E-state index in [0.717, 1.165) is 21.3 Å². The first-order chi connectivity index (χ1) is 15.0. The number of hydrogen-bond acceptors (Lipinski definition) is 5. The predicted molar refractivity (Wildman–Crippen MR) is 120 cm³/mol. The highest BCUT2D eigenvalue weighted by molar-refractivity contribution is 9.10. The fourth-order valence-electron chi connectivity index (χ4n) is 2.95. The molecule has 31 heavy (non-hydrogen) atoms. The molecule has 0 fully saturated rings. The second kappa shape index (κ2) is 9.06. The van der Waals surface area contributed by atoms with Crippen molar-refractivity contribution in [1.29, 1.82) is 0 Å². The van der Waals surface area contributed by atoms with Crippen LogP contribution in [0.25, 0.3) is 17.1 Å². The Balaban J connectivity index is 1.62. The maximum absolute atomic E-state index is 12.6. The Bertz CT molecular complexity index is 1150. The zero-order chi connectivity index (χ0) is 21.8. The van der Waals surface area contributed by atoms with Crippen molar-refractivity contribution >= 4 is 27.7 Å². The summed E-state index contributed by atoms with van der Waals surface area (Å²) in [6.45, 7) is 1.61. The summed E-state index contributed by atoms with van der Waals surface area (Å²) in [5.41, 5.74) is 3.13. The molecule has 0 aliphatic heterocycles. The molecule has 0 radical (unpaired) electrons. The molecule has 1 aromatic heterocycles. The van der Waals surface area contributed by atoms with E-state index < -0.39 is 5.97 Å². The minimum Gasteiger partial charge on any atom is -0.451 e. The van der Waals surface area contributed by atoms with Gasteiger partial charge in [0.05, 0.1) is 5.69 Å². The van der Waals surface area contributed by atoms with Crippen LogP contribution in [-0.4, -0.2) is 33.1 Å². The largest absolute Gasteiger partial charge is 0.451 e. The van der Waals surface area contributed by atoms with Crippen molar-refractivity contribution in [2.75, 3.05) is 6.61 Å². The summed E-state index contributed by atoms with van der Waals surface area (Å²) in [4.78, 5) is 29.2. The van der Waals surface area contributed by atoms with Crippen LogP contribution in [0.1, 0.15) is 26.5 Å². The summed E-state index contributed by atoms with van der Waals surface area (Å²) in [6, 6.07) is 23.9. The van der Waals surface area contributed by atoms with Crippen molar-refractivity contribution in [2.24, 2.45) is 0 Å². The maximum Gasteiger partial charge on any atom is 0.378 e. The predicted octanol–water partition coefficient (Wildman–Crippen LogP) is 5.04. The number of hydrogen-bond donors (Lipinski definition) is 0. The monoisotopic (exact) mass is 475 g/mol. The van der Waals surface area contributed by atoms with Gasteiger partial charge in [0.1, 0.15) is 0 Å². The molecule has 0 saturated carbocycles. The van der Waals surface area contributed by atoms with Crippen LogP contribution in [-0.2, 0) is 4.74 Å². The molecule has 0 bridgehead atoms. The third-order valence-corrected chi connectivity index (χ3v) is 5.13. The van der Waals surface area contributed by atoms with Crippen molar-refractivity contribution in [3.63, 3.8) is 0 Å². The molecule has 7 heteroatoms.